The van der Waals surface area contributed by atoms with Crippen molar-refractivity contribution in [3.05, 3.63) is 4.88 Å². The van der Waals surface area contributed by atoms with Crippen LogP contribution in [0.4, 0.5) is 5.13 Å². The van der Waals surface area contributed by atoms with Gasteiger partial charge in [-0.3, -0.25) is 0 Å². The Morgan fingerprint density at radius 3 is 2.71 bits per heavy atom. The van der Waals surface area contributed by atoms with Gasteiger partial charge in [0.1, 0.15) is 6.10 Å². The summed E-state index contributed by atoms with van der Waals surface area (Å²) in [6.07, 6.45) is -0.710. The number of alkyl halides is 1. The summed E-state index contributed by atoms with van der Waals surface area (Å²) in [5, 5.41) is 10.4. The maximum Gasteiger partial charge on any atom is 0.232 e. The summed E-state index contributed by atoms with van der Waals surface area (Å²) in [6, 6.07) is 0. The molecule has 0 amide bonds. The van der Waals surface area contributed by atoms with E-state index >= 15 is 0 Å². The fraction of sp³-hybridized carbons (Fsp3) is 0.625. The monoisotopic (exact) mass is 236 g/mol. The Morgan fingerprint density at radius 2 is 2.29 bits per heavy atom. The molecule has 1 unspecified atom stereocenters. The van der Waals surface area contributed by atoms with Crippen LogP contribution in [0.25, 0.3) is 0 Å². The van der Waals surface area contributed by atoms with Gasteiger partial charge in [0.05, 0.1) is 17.9 Å². The van der Waals surface area contributed by atoms with Crippen molar-refractivity contribution in [3.63, 3.8) is 0 Å². The number of anilines is 1. The predicted molar refractivity (Wildman–Crippen MR) is 58.7 cm³/mol. The van der Waals surface area contributed by atoms with Crippen molar-refractivity contribution in [1.82, 2.24) is 4.98 Å². The second-order valence-corrected chi connectivity index (χ2v) is 4.25. The first-order chi connectivity index (χ1) is 6.60. The fourth-order valence-electron chi connectivity index (χ4n) is 0.925. The number of aromatic nitrogens is 1. The number of rotatable bonds is 4. The molecule has 0 fully saturated rings. The SMILES string of the molecule is COc1nc(N(C)C)sc1C(O)CCl. The quantitative estimate of drug-likeness (QED) is 0.805. The molecule has 0 radical (unpaired) electrons. The van der Waals surface area contributed by atoms with E-state index in [4.69, 9.17) is 16.3 Å². The number of aliphatic hydroxyl groups excluding tert-OH is 1. The summed E-state index contributed by atoms with van der Waals surface area (Å²) in [7, 11) is 5.29. The van der Waals surface area contributed by atoms with Crippen molar-refractivity contribution in [2.45, 2.75) is 6.10 Å². The molecule has 1 atom stereocenters. The summed E-state index contributed by atoms with van der Waals surface area (Å²) in [5.41, 5.74) is 0. The molecule has 1 aromatic heterocycles. The van der Waals surface area contributed by atoms with E-state index in [9.17, 15) is 5.11 Å². The molecular formula is C8H13ClN2O2S. The maximum atomic E-state index is 9.58. The molecular weight excluding hydrogens is 224 g/mol. The third-order valence-corrected chi connectivity index (χ3v) is 3.23. The Hall–Kier alpha value is -0.520. The lowest BCUT2D eigenvalue weighted by Gasteiger charge is -2.05. The summed E-state index contributed by atoms with van der Waals surface area (Å²) in [6.45, 7) is 0. The van der Waals surface area contributed by atoms with Crippen molar-refractivity contribution in [2.75, 3.05) is 32.0 Å². The summed E-state index contributed by atoms with van der Waals surface area (Å²) < 4.78 is 5.05. The van der Waals surface area contributed by atoms with Crippen LogP contribution in [0.3, 0.4) is 0 Å². The molecule has 6 heteroatoms. The average Bonchev–Trinajstić information content (AvgIpc) is 2.60. The molecule has 0 saturated carbocycles. The Kier molecular flexibility index (Phi) is 3.97. The molecule has 0 aromatic carbocycles. The standard InChI is InChI=1S/C8H13ClN2O2S/c1-11(2)8-10-7(13-3)6(14-8)5(12)4-9/h5,12H,4H2,1-3H3. The Labute approximate surface area is 92.1 Å². The smallest absolute Gasteiger partial charge is 0.232 e. The highest BCUT2D eigenvalue weighted by Gasteiger charge is 2.19. The van der Waals surface area contributed by atoms with E-state index in [1.54, 1.807) is 0 Å². The minimum Gasteiger partial charge on any atom is -0.480 e. The normalized spacial score (nSPS) is 12.6. The maximum absolute atomic E-state index is 9.58. The second kappa shape index (κ2) is 4.82. The van der Waals surface area contributed by atoms with Crippen LogP contribution in [0.1, 0.15) is 11.0 Å². The summed E-state index contributed by atoms with van der Waals surface area (Å²) in [4.78, 5) is 6.73. The molecule has 1 rings (SSSR count). The number of nitrogens with zero attached hydrogens (tertiary/aromatic N) is 2. The third-order valence-electron chi connectivity index (χ3n) is 1.63. The minimum atomic E-state index is -0.710. The van der Waals surface area contributed by atoms with Crippen molar-refractivity contribution in [1.29, 1.82) is 0 Å². The van der Waals surface area contributed by atoms with Gasteiger partial charge in [-0.1, -0.05) is 11.3 Å². The Balaban J connectivity index is 3.02. The number of ether oxygens (including phenoxy) is 1. The first-order valence-electron chi connectivity index (χ1n) is 4.06. The Bertz CT molecular complexity index is 304. The van der Waals surface area contributed by atoms with Crippen LogP contribution >= 0.6 is 22.9 Å². The van der Waals surface area contributed by atoms with Gasteiger partial charge in [0.15, 0.2) is 5.13 Å². The zero-order valence-electron chi connectivity index (χ0n) is 8.32. The number of thiazole rings is 1. The van der Waals surface area contributed by atoms with Crippen molar-refractivity contribution < 1.29 is 9.84 Å². The van der Waals surface area contributed by atoms with E-state index in [2.05, 4.69) is 4.98 Å². The van der Waals surface area contributed by atoms with E-state index in [0.717, 1.165) is 5.13 Å². The molecule has 80 valence electrons. The average molecular weight is 237 g/mol. The van der Waals surface area contributed by atoms with Crippen molar-refractivity contribution in [2.24, 2.45) is 0 Å². The van der Waals surface area contributed by atoms with Gasteiger partial charge in [0.2, 0.25) is 5.88 Å². The molecule has 1 N–H and O–H groups in total. The van der Waals surface area contributed by atoms with Crippen molar-refractivity contribution >= 4 is 28.1 Å². The number of methoxy groups -OCH3 is 1. The van der Waals surface area contributed by atoms with Gasteiger partial charge in [-0.15, -0.1) is 11.6 Å². The minimum absolute atomic E-state index is 0.144. The number of hydrogen-bond acceptors (Lipinski definition) is 5. The molecule has 1 heterocycles. The predicted octanol–water partition coefficient (Wildman–Crippen LogP) is 1.49. The summed E-state index contributed by atoms with van der Waals surface area (Å²) >= 11 is 6.94. The van der Waals surface area contributed by atoms with E-state index in [-0.39, 0.29) is 5.88 Å². The first kappa shape index (κ1) is 11.6. The molecule has 0 bridgehead atoms. The lowest BCUT2D eigenvalue weighted by Crippen LogP contribution is -2.07. The largest absolute Gasteiger partial charge is 0.480 e. The third kappa shape index (κ3) is 2.29. The number of aliphatic hydroxyl groups is 1. The van der Waals surface area contributed by atoms with Gasteiger partial charge in [-0.05, 0) is 0 Å². The second-order valence-electron chi connectivity index (χ2n) is 2.93. The van der Waals surface area contributed by atoms with Gasteiger partial charge in [-0.2, -0.15) is 4.98 Å². The molecule has 4 nitrogen and oxygen atoms in total. The lowest BCUT2D eigenvalue weighted by atomic mass is 10.3. The highest BCUT2D eigenvalue weighted by atomic mass is 35.5. The van der Waals surface area contributed by atoms with Gasteiger partial charge >= 0.3 is 0 Å². The first-order valence-corrected chi connectivity index (χ1v) is 5.41. The van der Waals surface area contributed by atoms with E-state index in [0.29, 0.717) is 10.8 Å². The van der Waals surface area contributed by atoms with Crippen LogP contribution in [0.5, 0.6) is 5.88 Å². The van der Waals surface area contributed by atoms with E-state index in [1.807, 2.05) is 19.0 Å². The number of halogens is 1. The van der Waals surface area contributed by atoms with Crippen LogP contribution in [0.15, 0.2) is 0 Å². The van der Waals surface area contributed by atoms with Gasteiger partial charge in [0.25, 0.3) is 0 Å². The van der Waals surface area contributed by atoms with Crippen LogP contribution in [0.2, 0.25) is 0 Å². The van der Waals surface area contributed by atoms with Gasteiger partial charge < -0.3 is 14.7 Å². The highest BCUT2D eigenvalue weighted by molar-refractivity contribution is 7.16. The van der Waals surface area contributed by atoms with E-state index in [1.165, 1.54) is 18.4 Å². The zero-order chi connectivity index (χ0) is 10.7. The van der Waals surface area contributed by atoms with Crippen LogP contribution in [-0.4, -0.2) is 37.2 Å². The van der Waals surface area contributed by atoms with Crippen LogP contribution in [0, 0.1) is 0 Å². The number of hydrogen-bond donors (Lipinski definition) is 1. The van der Waals surface area contributed by atoms with E-state index < -0.39 is 6.10 Å². The molecule has 1 aromatic rings. The molecule has 0 aliphatic rings. The molecule has 14 heavy (non-hydrogen) atoms. The van der Waals surface area contributed by atoms with Crippen molar-refractivity contribution in [3.8, 4) is 5.88 Å². The van der Waals surface area contributed by atoms with Crippen LogP contribution in [-0.2, 0) is 0 Å². The molecule has 0 saturated heterocycles. The molecule has 0 spiro atoms. The molecule has 0 aliphatic carbocycles. The lowest BCUT2D eigenvalue weighted by molar-refractivity contribution is 0.201. The highest BCUT2D eigenvalue weighted by Crippen LogP contribution is 2.35. The topological polar surface area (TPSA) is 45.6 Å². The fourth-order valence-corrected chi connectivity index (χ4v) is 2.11. The van der Waals surface area contributed by atoms with Crippen LogP contribution < -0.4 is 9.64 Å². The Morgan fingerprint density at radius 1 is 1.64 bits per heavy atom. The molecule has 0 aliphatic heterocycles. The zero-order valence-corrected chi connectivity index (χ0v) is 9.89. The van der Waals surface area contributed by atoms with Gasteiger partial charge in [0, 0.05) is 14.1 Å². The van der Waals surface area contributed by atoms with Gasteiger partial charge in [-0.25, -0.2) is 0 Å². The summed E-state index contributed by atoms with van der Waals surface area (Å²) in [5.74, 6) is 0.595.